The number of thiocarbonyl (C=S) groups is 1. The number of anilines is 1. The number of aryl methyl sites for hydroxylation is 1. The van der Waals surface area contributed by atoms with Crippen molar-refractivity contribution in [1.29, 1.82) is 0 Å². The van der Waals surface area contributed by atoms with Crippen molar-refractivity contribution in [3.8, 4) is 0 Å². The van der Waals surface area contributed by atoms with Gasteiger partial charge < -0.3 is 15.2 Å². The van der Waals surface area contributed by atoms with Crippen LogP contribution in [-0.2, 0) is 7.05 Å². The van der Waals surface area contributed by atoms with E-state index in [1.54, 1.807) is 0 Å². The first-order chi connectivity index (χ1) is 7.79. The van der Waals surface area contributed by atoms with Gasteiger partial charge in [-0.05, 0) is 6.07 Å². The predicted molar refractivity (Wildman–Crippen MR) is 71.1 cm³/mol. The summed E-state index contributed by atoms with van der Waals surface area (Å²) in [6.07, 6.45) is 0. The second-order valence-corrected chi connectivity index (χ2v) is 4.39. The Morgan fingerprint density at radius 2 is 1.94 bits per heavy atom. The van der Waals surface area contributed by atoms with Crippen LogP contribution in [0, 0.1) is 0 Å². The van der Waals surface area contributed by atoms with Crippen LogP contribution in [-0.4, -0.2) is 22.6 Å². The number of para-hydroxylation sites is 1. The van der Waals surface area contributed by atoms with Crippen LogP contribution >= 0.6 is 12.2 Å². The summed E-state index contributed by atoms with van der Waals surface area (Å²) in [4.78, 5) is 0.844. The highest BCUT2D eigenvalue weighted by molar-refractivity contribution is 7.80. The quantitative estimate of drug-likeness (QED) is 0.678. The van der Waals surface area contributed by atoms with Crippen molar-refractivity contribution in [2.24, 2.45) is 7.05 Å². The molecule has 3 rings (SSSR count). The van der Waals surface area contributed by atoms with E-state index in [0.29, 0.717) is 0 Å². The zero-order valence-electron chi connectivity index (χ0n) is 9.08. The van der Waals surface area contributed by atoms with E-state index in [0.717, 1.165) is 29.5 Å². The van der Waals surface area contributed by atoms with Crippen LogP contribution in [0.2, 0.25) is 0 Å². The number of aromatic nitrogens is 1. The predicted octanol–water partition coefficient (Wildman–Crippen LogP) is 1.87. The maximum absolute atomic E-state index is 5.42. The third kappa shape index (κ3) is 1.23. The summed E-state index contributed by atoms with van der Waals surface area (Å²) >= 11 is 5.42. The maximum Gasteiger partial charge on any atom is 0.117 e. The monoisotopic (exact) mass is 231 g/mol. The van der Waals surface area contributed by atoms with Crippen molar-refractivity contribution >= 4 is 33.9 Å². The standard InChI is InChI=1S/C12H13N3S/c1-15-9-5-3-2-4-8(9)10-11(15)13-6-7-14-12(10)16/h2-5,13H,6-7H2,1H3,(H,14,16). The molecule has 0 aliphatic carbocycles. The minimum absolute atomic E-state index is 0.844. The van der Waals surface area contributed by atoms with Crippen LogP contribution in [0.1, 0.15) is 5.56 Å². The largest absolute Gasteiger partial charge is 0.374 e. The normalized spacial score (nSPS) is 15.2. The first-order valence-electron chi connectivity index (χ1n) is 5.38. The van der Waals surface area contributed by atoms with Crippen molar-refractivity contribution in [1.82, 2.24) is 9.88 Å². The molecule has 0 saturated heterocycles. The van der Waals surface area contributed by atoms with E-state index in [1.165, 1.54) is 10.9 Å². The molecule has 2 aromatic rings. The van der Waals surface area contributed by atoms with Crippen molar-refractivity contribution in [3.63, 3.8) is 0 Å². The highest BCUT2D eigenvalue weighted by atomic mass is 32.1. The van der Waals surface area contributed by atoms with Gasteiger partial charge >= 0.3 is 0 Å². The van der Waals surface area contributed by atoms with Crippen LogP contribution < -0.4 is 10.6 Å². The molecule has 0 radical (unpaired) electrons. The van der Waals surface area contributed by atoms with E-state index in [2.05, 4.69) is 46.5 Å². The van der Waals surface area contributed by atoms with E-state index >= 15 is 0 Å². The Balaban J connectivity index is 2.39. The number of hydrogen-bond acceptors (Lipinski definition) is 2. The number of nitrogens with one attached hydrogen (secondary N) is 2. The van der Waals surface area contributed by atoms with Crippen LogP contribution in [0.3, 0.4) is 0 Å². The van der Waals surface area contributed by atoms with Crippen LogP contribution in [0.5, 0.6) is 0 Å². The molecule has 3 nitrogen and oxygen atoms in total. The van der Waals surface area contributed by atoms with Gasteiger partial charge in [-0.2, -0.15) is 0 Å². The summed E-state index contributed by atoms with van der Waals surface area (Å²) in [5, 5.41) is 7.90. The molecule has 0 spiro atoms. The molecule has 0 amide bonds. The summed E-state index contributed by atoms with van der Waals surface area (Å²) in [7, 11) is 2.07. The Morgan fingerprint density at radius 1 is 1.19 bits per heavy atom. The van der Waals surface area contributed by atoms with Crippen molar-refractivity contribution in [3.05, 3.63) is 29.8 Å². The molecular formula is C12H13N3S. The lowest BCUT2D eigenvalue weighted by Crippen LogP contribution is -2.23. The lowest BCUT2D eigenvalue weighted by Gasteiger charge is -2.05. The zero-order chi connectivity index (χ0) is 11.1. The Kier molecular flexibility index (Phi) is 2.11. The van der Waals surface area contributed by atoms with Gasteiger partial charge in [0.25, 0.3) is 0 Å². The molecule has 0 saturated carbocycles. The third-order valence-corrected chi connectivity index (χ3v) is 3.39. The van der Waals surface area contributed by atoms with Crippen LogP contribution in [0.25, 0.3) is 10.9 Å². The molecule has 1 aromatic heterocycles. The first kappa shape index (κ1) is 9.66. The topological polar surface area (TPSA) is 29.0 Å². The molecule has 2 N–H and O–H groups in total. The Morgan fingerprint density at radius 3 is 2.81 bits per heavy atom. The van der Waals surface area contributed by atoms with Crippen molar-refractivity contribution in [2.45, 2.75) is 0 Å². The number of rotatable bonds is 0. The highest BCUT2D eigenvalue weighted by Gasteiger charge is 2.19. The van der Waals surface area contributed by atoms with Crippen molar-refractivity contribution in [2.75, 3.05) is 18.4 Å². The molecule has 16 heavy (non-hydrogen) atoms. The minimum Gasteiger partial charge on any atom is -0.374 e. The molecule has 1 aliphatic rings. The molecule has 0 atom stereocenters. The lowest BCUT2D eigenvalue weighted by atomic mass is 10.1. The molecule has 0 unspecified atom stereocenters. The summed E-state index contributed by atoms with van der Waals surface area (Å²) in [6, 6.07) is 8.34. The molecule has 1 aromatic carbocycles. The molecule has 0 fully saturated rings. The van der Waals surface area contributed by atoms with E-state index in [1.807, 2.05) is 0 Å². The molecule has 2 heterocycles. The van der Waals surface area contributed by atoms with Gasteiger partial charge in [0.1, 0.15) is 10.8 Å². The fraction of sp³-hybridized carbons (Fsp3) is 0.250. The Hall–Kier alpha value is -1.55. The fourth-order valence-electron chi connectivity index (χ4n) is 2.28. The van der Waals surface area contributed by atoms with Gasteiger partial charge in [-0.1, -0.05) is 30.4 Å². The minimum atomic E-state index is 0.844. The van der Waals surface area contributed by atoms with E-state index < -0.39 is 0 Å². The van der Waals surface area contributed by atoms with Crippen LogP contribution in [0.4, 0.5) is 5.82 Å². The number of hydrogen-bond donors (Lipinski definition) is 2. The Bertz CT molecular complexity index is 571. The molecule has 0 bridgehead atoms. The van der Waals surface area contributed by atoms with Crippen LogP contribution in [0.15, 0.2) is 24.3 Å². The number of fused-ring (bicyclic) bond motifs is 3. The molecule has 1 aliphatic heterocycles. The molecule has 82 valence electrons. The van der Waals surface area contributed by atoms with Gasteiger partial charge in [0.2, 0.25) is 0 Å². The summed E-state index contributed by atoms with van der Waals surface area (Å²) in [6.45, 7) is 1.78. The highest BCUT2D eigenvalue weighted by Crippen LogP contribution is 2.30. The maximum atomic E-state index is 5.42. The van der Waals surface area contributed by atoms with Gasteiger partial charge in [-0.3, -0.25) is 0 Å². The van der Waals surface area contributed by atoms with Crippen molar-refractivity contribution < 1.29 is 0 Å². The SMILES string of the molecule is Cn1c2c(c3ccccc31)C(=S)NCCN2. The van der Waals surface area contributed by atoms with Gasteiger partial charge in [0.15, 0.2) is 0 Å². The molecule has 4 heteroatoms. The smallest absolute Gasteiger partial charge is 0.117 e. The van der Waals surface area contributed by atoms with Gasteiger partial charge in [0, 0.05) is 25.5 Å². The third-order valence-electron chi connectivity index (χ3n) is 3.04. The van der Waals surface area contributed by atoms with Gasteiger partial charge in [-0.15, -0.1) is 0 Å². The summed E-state index contributed by atoms with van der Waals surface area (Å²) < 4.78 is 2.17. The lowest BCUT2D eigenvalue weighted by molar-refractivity contribution is 0.905. The first-order valence-corrected chi connectivity index (χ1v) is 5.79. The average molecular weight is 231 g/mol. The molecular weight excluding hydrogens is 218 g/mol. The van der Waals surface area contributed by atoms with E-state index in [9.17, 15) is 0 Å². The Labute approximate surface area is 99.4 Å². The second kappa shape index (κ2) is 3.49. The second-order valence-electron chi connectivity index (χ2n) is 3.98. The number of benzene rings is 1. The van der Waals surface area contributed by atoms with E-state index in [4.69, 9.17) is 12.2 Å². The van der Waals surface area contributed by atoms with E-state index in [-0.39, 0.29) is 0 Å². The fourth-order valence-corrected chi connectivity index (χ4v) is 2.58. The summed E-state index contributed by atoms with van der Waals surface area (Å²) in [5.74, 6) is 1.12. The summed E-state index contributed by atoms with van der Waals surface area (Å²) in [5.41, 5.74) is 2.34. The average Bonchev–Trinajstić information content (AvgIpc) is 2.46. The number of nitrogens with zero attached hydrogens (tertiary/aromatic N) is 1. The van der Waals surface area contributed by atoms with Gasteiger partial charge in [-0.25, -0.2) is 0 Å². The zero-order valence-corrected chi connectivity index (χ0v) is 9.90. The van der Waals surface area contributed by atoms with Gasteiger partial charge in [0.05, 0.1) is 11.1 Å².